The molecule has 0 saturated carbocycles. The van der Waals surface area contributed by atoms with Crippen LogP contribution < -0.4 is 14.8 Å². The normalized spacial score (nSPS) is 11.7. The summed E-state index contributed by atoms with van der Waals surface area (Å²) in [4.78, 5) is 12.3. The largest absolute Gasteiger partial charge is 0.493 e. The van der Waals surface area contributed by atoms with Gasteiger partial charge in [0.25, 0.3) is 0 Å². The first kappa shape index (κ1) is 16.8. The number of hydrogen-bond donors (Lipinski definition) is 1. The number of amides is 1. The molecule has 2 aromatic carbocycles. The van der Waals surface area contributed by atoms with Crippen LogP contribution in [0.5, 0.6) is 11.5 Å². The van der Waals surface area contributed by atoms with Crippen molar-refractivity contribution < 1.29 is 18.7 Å². The van der Waals surface area contributed by atoms with Crippen LogP contribution in [-0.4, -0.2) is 20.1 Å². The lowest BCUT2D eigenvalue weighted by Crippen LogP contribution is -2.22. The molecule has 1 unspecified atom stereocenters. The quantitative estimate of drug-likeness (QED) is 0.884. The van der Waals surface area contributed by atoms with E-state index in [0.29, 0.717) is 23.6 Å². The Morgan fingerprint density at radius 2 is 1.74 bits per heavy atom. The molecule has 0 aromatic heterocycles. The molecule has 23 heavy (non-hydrogen) atoms. The highest BCUT2D eigenvalue weighted by Crippen LogP contribution is 2.30. The number of halogens is 1. The van der Waals surface area contributed by atoms with Crippen LogP contribution in [0.4, 0.5) is 10.1 Å². The molecule has 2 aromatic rings. The molecule has 0 heterocycles. The maximum Gasteiger partial charge on any atom is 0.227 e. The second-order valence-corrected chi connectivity index (χ2v) is 5.29. The summed E-state index contributed by atoms with van der Waals surface area (Å²) >= 11 is 0. The lowest BCUT2D eigenvalue weighted by Gasteiger charge is -2.14. The van der Waals surface area contributed by atoms with E-state index in [0.717, 1.165) is 5.56 Å². The summed E-state index contributed by atoms with van der Waals surface area (Å²) in [7, 11) is 3.10. The molecule has 0 aliphatic carbocycles. The minimum atomic E-state index is -0.281. The molecule has 0 fully saturated rings. The second kappa shape index (κ2) is 7.63. The highest BCUT2D eigenvalue weighted by molar-refractivity contribution is 5.92. The summed E-state index contributed by atoms with van der Waals surface area (Å²) in [6, 6.07) is 11.4. The third-order valence-electron chi connectivity index (χ3n) is 3.55. The van der Waals surface area contributed by atoms with Crippen LogP contribution >= 0.6 is 0 Å². The fourth-order valence-corrected chi connectivity index (χ4v) is 2.25. The third-order valence-corrected chi connectivity index (χ3v) is 3.55. The van der Waals surface area contributed by atoms with Gasteiger partial charge in [-0.15, -0.1) is 0 Å². The molecular weight excluding hydrogens is 297 g/mol. The van der Waals surface area contributed by atoms with E-state index in [1.165, 1.54) is 12.1 Å². The second-order valence-electron chi connectivity index (χ2n) is 5.29. The molecule has 0 aliphatic heterocycles. The van der Waals surface area contributed by atoms with Crippen LogP contribution in [0.1, 0.15) is 12.5 Å². The molecule has 5 heteroatoms. The Kier molecular flexibility index (Phi) is 5.57. The van der Waals surface area contributed by atoms with E-state index in [1.54, 1.807) is 44.6 Å². The van der Waals surface area contributed by atoms with Gasteiger partial charge in [-0.25, -0.2) is 4.39 Å². The van der Waals surface area contributed by atoms with Crippen molar-refractivity contribution in [3.05, 3.63) is 53.8 Å². The maximum atomic E-state index is 12.9. The van der Waals surface area contributed by atoms with Crippen molar-refractivity contribution in [3.8, 4) is 11.5 Å². The van der Waals surface area contributed by atoms with Crippen molar-refractivity contribution in [2.24, 2.45) is 5.92 Å². The predicted molar refractivity (Wildman–Crippen MR) is 87.4 cm³/mol. The molecule has 0 bridgehead atoms. The molecule has 0 saturated heterocycles. The van der Waals surface area contributed by atoms with Gasteiger partial charge in [0.15, 0.2) is 11.5 Å². The lowest BCUT2D eigenvalue weighted by molar-refractivity contribution is -0.119. The molecule has 1 atom stereocenters. The van der Waals surface area contributed by atoms with Crippen LogP contribution in [0.3, 0.4) is 0 Å². The molecule has 4 nitrogen and oxygen atoms in total. The van der Waals surface area contributed by atoms with Gasteiger partial charge in [0, 0.05) is 17.7 Å². The number of carbonyl (C=O) groups is 1. The van der Waals surface area contributed by atoms with Gasteiger partial charge in [-0.2, -0.15) is 0 Å². The summed E-state index contributed by atoms with van der Waals surface area (Å²) in [5.41, 5.74) is 1.56. The minimum Gasteiger partial charge on any atom is -0.493 e. The van der Waals surface area contributed by atoms with Gasteiger partial charge >= 0.3 is 0 Å². The molecule has 1 N–H and O–H groups in total. The lowest BCUT2D eigenvalue weighted by atomic mass is 10.0. The van der Waals surface area contributed by atoms with E-state index in [9.17, 15) is 9.18 Å². The van der Waals surface area contributed by atoms with Crippen LogP contribution in [0.15, 0.2) is 42.5 Å². The van der Waals surface area contributed by atoms with Crippen LogP contribution in [0, 0.1) is 11.7 Å². The smallest absolute Gasteiger partial charge is 0.227 e. The number of carbonyl (C=O) groups excluding carboxylic acids is 1. The number of hydrogen-bond acceptors (Lipinski definition) is 3. The van der Waals surface area contributed by atoms with Gasteiger partial charge in [-0.05, 0) is 36.2 Å². The predicted octanol–water partition coefficient (Wildman–Crippen LogP) is 3.66. The summed E-state index contributed by atoms with van der Waals surface area (Å²) in [6.07, 6.45) is 0.541. The number of nitrogens with one attached hydrogen (secondary N) is 1. The Morgan fingerprint density at radius 3 is 2.35 bits per heavy atom. The molecule has 1 amide bonds. The number of anilines is 1. The van der Waals surface area contributed by atoms with E-state index in [-0.39, 0.29) is 17.6 Å². The topological polar surface area (TPSA) is 47.6 Å². The van der Waals surface area contributed by atoms with Crippen molar-refractivity contribution in [2.75, 3.05) is 19.5 Å². The van der Waals surface area contributed by atoms with Crippen molar-refractivity contribution in [1.82, 2.24) is 0 Å². The van der Waals surface area contributed by atoms with Crippen molar-refractivity contribution in [3.63, 3.8) is 0 Å². The molecule has 2 rings (SSSR count). The number of rotatable bonds is 6. The number of benzene rings is 2. The molecular formula is C18H20FNO3. The van der Waals surface area contributed by atoms with E-state index >= 15 is 0 Å². The fraction of sp³-hybridized carbons (Fsp3) is 0.278. The van der Waals surface area contributed by atoms with Crippen LogP contribution in [0.2, 0.25) is 0 Å². The Labute approximate surface area is 135 Å². The van der Waals surface area contributed by atoms with E-state index in [1.807, 2.05) is 6.92 Å². The number of methoxy groups -OCH3 is 2. The summed E-state index contributed by atoms with van der Waals surface area (Å²) in [5, 5.41) is 2.85. The molecule has 0 radical (unpaired) electrons. The Hall–Kier alpha value is -2.56. The first-order valence-corrected chi connectivity index (χ1v) is 7.31. The van der Waals surface area contributed by atoms with Gasteiger partial charge in [0.05, 0.1) is 14.2 Å². The van der Waals surface area contributed by atoms with Crippen molar-refractivity contribution in [2.45, 2.75) is 13.3 Å². The average Bonchev–Trinajstić information content (AvgIpc) is 2.56. The van der Waals surface area contributed by atoms with Gasteiger partial charge in [0.2, 0.25) is 5.91 Å². The zero-order chi connectivity index (χ0) is 16.8. The maximum absolute atomic E-state index is 12.9. The molecule has 122 valence electrons. The first-order chi connectivity index (χ1) is 11.0. The zero-order valence-corrected chi connectivity index (χ0v) is 13.4. The van der Waals surface area contributed by atoms with E-state index < -0.39 is 0 Å². The van der Waals surface area contributed by atoms with E-state index in [2.05, 4.69) is 5.32 Å². The van der Waals surface area contributed by atoms with Crippen molar-refractivity contribution >= 4 is 11.6 Å². The van der Waals surface area contributed by atoms with Gasteiger partial charge in [-0.3, -0.25) is 4.79 Å². The standard InChI is InChI=1S/C18H20FNO3/c1-12(10-13-4-6-14(19)7-5-13)18(21)20-15-8-9-16(22-2)17(11-15)23-3/h4-9,11-12H,10H2,1-3H3,(H,20,21). The fourth-order valence-electron chi connectivity index (χ4n) is 2.25. The van der Waals surface area contributed by atoms with Crippen LogP contribution in [0.25, 0.3) is 0 Å². The van der Waals surface area contributed by atoms with Gasteiger partial charge in [-0.1, -0.05) is 19.1 Å². The van der Waals surface area contributed by atoms with E-state index in [4.69, 9.17) is 9.47 Å². The zero-order valence-electron chi connectivity index (χ0n) is 13.4. The summed E-state index contributed by atoms with van der Waals surface area (Å²) in [6.45, 7) is 1.83. The SMILES string of the molecule is COc1ccc(NC(=O)C(C)Cc2ccc(F)cc2)cc1OC. The monoisotopic (exact) mass is 317 g/mol. The average molecular weight is 317 g/mol. The molecule has 0 spiro atoms. The third kappa shape index (κ3) is 4.45. The van der Waals surface area contributed by atoms with Crippen LogP contribution in [-0.2, 0) is 11.2 Å². The van der Waals surface area contributed by atoms with Crippen molar-refractivity contribution in [1.29, 1.82) is 0 Å². The number of ether oxygens (including phenoxy) is 2. The minimum absolute atomic E-state index is 0.110. The molecule has 0 aliphatic rings. The Morgan fingerprint density at radius 1 is 1.09 bits per heavy atom. The Bertz CT molecular complexity index is 670. The van der Waals surface area contributed by atoms with Gasteiger partial charge in [0.1, 0.15) is 5.82 Å². The summed E-state index contributed by atoms with van der Waals surface area (Å²) in [5.74, 6) is 0.521. The van der Waals surface area contributed by atoms with Gasteiger partial charge < -0.3 is 14.8 Å². The highest BCUT2D eigenvalue weighted by Gasteiger charge is 2.15. The highest BCUT2D eigenvalue weighted by atomic mass is 19.1. The Balaban J connectivity index is 2.01. The summed E-state index contributed by atoms with van der Waals surface area (Å²) < 4.78 is 23.3. The first-order valence-electron chi connectivity index (χ1n) is 7.31.